The van der Waals surface area contributed by atoms with Crippen LogP contribution in [0, 0.1) is 0 Å². The Hall–Kier alpha value is -2.10. The first-order valence-corrected chi connectivity index (χ1v) is 12.1. The van der Waals surface area contributed by atoms with Gasteiger partial charge in [0.2, 0.25) is 0 Å². The highest BCUT2D eigenvalue weighted by molar-refractivity contribution is 7.91. The summed E-state index contributed by atoms with van der Waals surface area (Å²) >= 11 is 0. The van der Waals surface area contributed by atoms with Gasteiger partial charge in [-0.2, -0.15) is 5.10 Å². The molecule has 162 valence electrons. The molecule has 0 saturated carbocycles. The summed E-state index contributed by atoms with van der Waals surface area (Å²) in [7, 11) is -3.50. The highest BCUT2D eigenvalue weighted by Gasteiger charge is 2.30. The van der Waals surface area contributed by atoms with Crippen molar-refractivity contribution in [2.75, 3.05) is 0 Å². The van der Waals surface area contributed by atoms with Gasteiger partial charge in [0.15, 0.2) is 14.9 Å². The Morgan fingerprint density at radius 3 is 2.80 bits per heavy atom. The van der Waals surface area contributed by atoms with Gasteiger partial charge in [0.05, 0.1) is 18.7 Å². The third-order valence-electron chi connectivity index (χ3n) is 6.08. The van der Waals surface area contributed by atoms with Crippen LogP contribution in [0.4, 0.5) is 0 Å². The van der Waals surface area contributed by atoms with Crippen LogP contribution in [0.5, 0.6) is 0 Å². The van der Waals surface area contributed by atoms with Crippen molar-refractivity contribution in [3.05, 3.63) is 39.8 Å². The van der Waals surface area contributed by atoms with Crippen molar-refractivity contribution >= 4 is 15.8 Å². The van der Waals surface area contributed by atoms with Crippen molar-refractivity contribution in [1.82, 2.24) is 14.8 Å². The number of hydrogen-bond donors (Lipinski definition) is 2. The second-order valence-corrected chi connectivity index (χ2v) is 10.3. The summed E-state index contributed by atoms with van der Waals surface area (Å²) in [5, 5.41) is 19.7. The van der Waals surface area contributed by atoms with E-state index in [-0.39, 0.29) is 24.1 Å². The van der Waals surface area contributed by atoms with Crippen molar-refractivity contribution in [2.24, 2.45) is 9.50 Å². The van der Waals surface area contributed by atoms with E-state index in [4.69, 9.17) is 10.1 Å². The molecule has 2 unspecified atom stereocenters. The summed E-state index contributed by atoms with van der Waals surface area (Å²) in [6, 6.07) is 1.42. The van der Waals surface area contributed by atoms with Gasteiger partial charge in [-0.3, -0.25) is 14.5 Å². The van der Waals surface area contributed by atoms with Crippen molar-refractivity contribution in [3.63, 3.8) is 0 Å². The van der Waals surface area contributed by atoms with Crippen LogP contribution in [-0.4, -0.2) is 30.0 Å². The SMILES string of the molecule is CC1CCc2c1nc1c(c2CC(=O)N=S(N)(=O)c2cc(CO)n(C(C)C)n2)CCC1. The quantitative estimate of drug-likeness (QED) is 0.752. The van der Waals surface area contributed by atoms with Gasteiger partial charge in [-0.1, -0.05) is 6.92 Å². The monoisotopic (exact) mass is 431 g/mol. The maximum Gasteiger partial charge on any atom is 0.259 e. The summed E-state index contributed by atoms with van der Waals surface area (Å²) in [6.45, 7) is 5.69. The molecule has 1 amide bonds. The van der Waals surface area contributed by atoms with Crippen LogP contribution in [0.15, 0.2) is 15.5 Å². The molecule has 30 heavy (non-hydrogen) atoms. The molecular weight excluding hydrogens is 402 g/mol. The highest BCUT2D eigenvalue weighted by Crippen LogP contribution is 2.38. The summed E-state index contributed by atoms with van der Waals surface area (Å²) < 4.78 is 18.5. The van der Waals surface area contributed by atoms with Gasteiger partial charge in [-0.25, -0.2) is 9.35 Å². The minimum Gasteiger partial charge on any atom is -0.390 e. The summed E-state index contributed by atoms with van der Waals surface area (Å²) in [4.78, 5) is 17.7. The topological polar surface area (TPSA) is 123 Å². The van der Waals surface area contributed by atoms with Gasteiger partial charge in [0, 0.05) is 23.5 Å². The van der Waals surface area contributed by atoms with Crippen LogP contribution in [0.3, 0.4) is 0 Å². The number of amides is 1. The minimum absolute atomic E-state index is 0.0207. The number of carbonyl (C=O) groups excluding carboxylic acids is 1. The standard InChI is InChI=1S/C21H29N5O3S/c1-12(2)26-14(11-27)9-20(24-26)30(22,29)25-19(28)10-17-15-5-4-6-18(15)23-21-13(3)7-8-16(17)21/h9,12-13,27H,4-8,10-11H2,1-3H3,(H2,22,25,28,29). The molecule has 3 N–H and O–H groups in total. The fraction of sp³-hybridized carbons (Fsp3) is 0.571. The van der Waals surface area contributed by atoms with Crippen LogP contribution in [-0.2, 0) is 47.0 Å². The van der Waals surface area contributed by atoms with Crippen molar-refractivity contribution < 1.29 is 14.1 Å². The first-order valence-electron chi connectivity index (χ1n) is 10.5. The van der Waals surface area contributed by atoms with E-state index in [2.05, 4.69) is 16.4 Å². The fourth-order valence-corrected chi connectivity index (χ4v) is 5.59. The van der Waals surface area contributed by atoms with Gasteiger partial charge < -0.3 is 5.11 Å². The molecule has 0 aliphatic heterocycles. The van der Waals surface area contributed by atoms with E-state index in [1.165, 1.54) is 17.2 Å². The van der Waals surface area contributed by atoms with E-state index in [1.807, 2.05) is 13.8 Å². The largest absolute Gasteiger partial charge is 0.390 e. The van der Waals surface area contributed by atoms with Gasteiger partial charge in [-0.05, 0) is 68.6 Å². The highest BCUT2D eigenvalue weighted by atomic mass is 32.2. The van der Waals surface area contributed by atoms with Gasteiger partial charge in [-0.15, -0.1) is 4.36 Å². The predicted molar refractivity (Wildman–Crippen MR) is 113 cm³/mol. The molecule has 8 nitrogen and oxygen atoms in total. The second-order valence-electron chi connectivity index (χ2n) is 8.57. The molecule has 2 aliphatic carbocycles. The number of hydrogen-bond acceptors (Lipinski definition) is 5. The number of nitrogens with two attached hydrogens (primary N) is 1. The van der Waals surface area contributed by atoms with Crippen molar-refractivity contribution in [2.45, 2.75) is 82.9 Å². The number of pyridine rings is 1. The summed E-state index contributed by atoms with van der Waals surface area (Å²) in [5.74, 6) is -0.110. The number of aliphatic hydroxyl groups is 1. The lowest BCUT2D eigenvalue weighted by molar-refractivity contribution is -0.117. The summed E-state index contributed by atoms with van der Waals surface area (Å²) in [6.07, 6.45) is 4.94. The molecule has 0 bridgehead atoms. The summed E-state index contributed by atoms with van der Waals surface area (Å²) in [5.41, 5.74) is 6.05. The normalized spacial score (nSPS) is 19.6. The lowest BCUT2D eigenvalue weighted by Gasteiger charge is -2.14. The fourth-order valence-electron chi connectivity index (χ4n) is 4.62. The average Bonchev–Trinajstić information content (AvgIpc) is 3.39. The van der Waals surface area contributed by atoms with E-state index in [0.717, 1.165) is 49.1 Å². The van der Waals surface area contributed by atoms with Crippen LogP contribution < -0.4 is 5.14 Å². The molecule has 0 saturated heterocycles. The number of aryl methyl sites for hydroxylation is 1. The zero-order valence-electron chi connectivity index (χ0n) is 17.7. The first kappa shape index (κ1) is 21.1. The molecule has 4 rings (SSSR count). The number of aliphatic hydroxyl groups excluding tert-OH is 1. The molecule has 2 aromatic heterocycles. The van der Waals surface area contributed by atoms with Gasteiger partial charge >= 0.3 is 0 Å². The molecule has 0 radical (unpaired) electrons. The van der Waals surface area contributed by atoms with Crippen LogP contribution in [0.2, 0.25) is 0 Å². The maximum atomic E-state index is 13.0. The predicted octanol–water partition coefficient (Wildman–Crippen LogP) is 2.36. The number of fused-ring (bicyclic) bond motifs is 2. The zero-order chi connectivity index (χ0) is 21.6. The van der Waals surface area contributed by atoms with E-state index >= 15 is 0 Å². The van der Waals surface area contributed by atoms with E-state index in [1.54, 1.807) is 4.68 Å². The number of rotatable bonds is 5. The third-order valence-corrected chi connectivity index (χ3v) is 7.36. The Bertz CT molecular complexity index is 1130. The van der Waals surface area contributed by atoms with E-state index < -0.39 is 15.8 Å². The maximum absolute atomic E-state index is 13.0. The van der Waals surface area contributed by atoms with Crippen LogP contribution in [0.25, 0.3) is 0 Å². The molecule has 0 aromatic carbocycles. The molecule has 2 aliphatic rings. The number of aromatic nitrogens is 3. The van der Waals surface area contributed by atoms with E-state index in [9.17, 15) is 14.1 Å². The number of carbonyl (C=O) groups is 1. The van der Waals surface area contributed by atoms with Gasteiger partial charge in [0.25, 0.3) is 5.91 Å². The Kier molecular flexibility index (Phi) is 5.54. The molecular formula is C21H29N5O3S. The molecule has 9 heteroatoms. The third kappa shape index (κ3) is 3.70. The first-order chi connectivity index (χ1) is 14.2. The van der Waals surface area contributed by atoms with Crippen molar-refractivity contribution in [3.8, 4) is 0 Å². The van der Waals surface area contributed by atoms with Crippen molar-refractivity contribution in [1.29, 1.82) is 0 Å². The molecule has 2 aromatic rings. The molecule has 0 spiro atoms. The molecule has 2 heterocycles. The lowest BCUT2D eigenvalue weighted by atomic mass is 9.96. The molecule has 0 fully saturated rings. The van der Waals surface area contributed by atoms with Gasteiger partial charge in [0.1, 0.15) is 0 Å². The Morgan fingerprint density at radius 1 is 1.37 bits per heavy atom. The lowest BCUT2D eigenvalue weighted by Crippen LogP contribution is -2.18. The Labute approximate surface area is 177 Å². The van der Waals surface area contributed by atoms with Crippen LogP contribution >= 0.6 is 0 Å². The smallest absolute Gasteiger partial charge is 0.259 e. The zero-order valence-corrected chi connectivity index (χ0v) is 18.5. The minimum atomic E-state index is -3.50. The average molecular weight is 432 g/mol. The second kappa shape index (κ2) is 7.86. The molecule has 2 atom stereocenters. The van der Waals surface area contributed by atoms with Crippen LogP contribution in [0.1, 0.15) is 79.3 Å². The number of nitrogens with zero attached hydrogens (tertiary/aromatic N) is 4. The van der Waals surface area contributed by atoms with E-state index in [0.29, 0.717) is 11.6 Å². The Balaban J connectivity index is 1.68. The Morgan fingerprint density at radius 2 is 2.13 bits per heavy atom.